The number of rotatable bonds is 3. The molecule has 0 saturated carbocycles. The van der Waals surface area contributed by atoms with E-state index in [1.54, 1.807) is 0 Å². The molecule has 1 aromatic rings. The third kappa shape index (κ3) is 4.57. The standard InChI is InChI=1S/C14H12F3NO5S/c1-13(2)22-11(20)8(12(21)23-13)6-18-9-5-7(3-4-10(9)19)24-14(15,16)17/h3-6,18-19H,1-2H3. The molecule has 1 aromatic carbocycles. The molecule has 2 rings (SSSR count). The van der Waals surface area contributed by atoms with Gasteiger partial charge in [0.1, 0.15) is 5.75 Å². The summed E-state index contributed by atoms with van der Waals surface area (Å²) in [6, 6.07) is 3.15. The van der Waals surface area contributed by atoms with Crippen LogP contribution in [0.4, 0.5) is 18.9 Å². The Morgan fingerprint density at radius 1 is 1.21 bits per heavy atom. The van der Waals surface area contributed by atoms with E-state index in [-0.39, 0.29) is 28.1 Å². The molecule has 2 N–H and O–H groups in total. The van der Waals surface area contributed by atoms with Crippen molar-refractivity contribution in [2.45, 2.75) is 30.0 Å². The highest BCUT2D eigenvalue weighted by Gasteiger charge is 2.39. The summed E-state index contributed by atoms with van der Waals surface area (Å²) in [5.41, 5.74) is -5.10. The number of nitrogens with one attached hydrogen (secondary N) is 1. The van der Waals surface area contributed by atoms with E-state index < -0.39 is 28.8 Å². The molecule has 0 spiro atoms. The molecule has 0 aromatic heterocycles. The van der Waals surface area contributed by atoms with Crippen LogP contribution in [0.5, 0.6) is 5.75 Å². The van der Waals surface area contributed by atoms with E-state index in [0.29, 0.717) is 0 Å². The highest BCUT2D eigenvalue weighted by molar-refractivity contribution is 8.00. The van der Waals surface area contributed by atoms with E-state index in [2.05, 4.69) is 5.32 Å². The first-order valence-corrected chi connectivity index (χ1v) is 7.31. The topological polar surface area (TPSA) is 84.9 Å². The molecule has 24 heavy (non-hydrogen) atoms. The predicted octanol–water partition coefficient (Wildman–Crippen LogP) is 3.14. The van der Waals surface area contributed by atoms with Gasteiger partial charge in [0.2, 0.25) is 0 Å². The molecule has 0 unspecified atom stereocenters. The number of ether oxygens (including phenoxy) is 2. The van der Waals surface area contributed by atoms with Crippen LogP contribution in [0.2, 0.25) is 0 Å². The lowest BCUT2D eigenvalue weighted by Gasteiger charge is -2.29. The van der Waals surface area contributed by atoms with Crippen LogP contribution < -0.4 is 5.32 Å². The number of aromatic hydroxyl groups is 1. The van der Waals surface area contributed by atoms with E-state index in [9.17, 15) is 27.9 Å². The fourth-order valence-corrected chi connectivity index (χ4v) is 2.34. The number of hydrogen-bond acceptors (Lipinski definition) is 7. The molecule has 1 aliphatic heterocycles. The molecule has 0 atom stereocenters. The van der Waals surface area contributed by atoms with E-state index in [1.165, 1.54) is 13.8 Å². The molecule has 1 heterocycles. The van der Waals surface area contributed by atoms with Crippen molar-refractivity contribution in [3.05, 3.63) is 30.0 Å². The van der Waals surface area contributed by atoms with Crippen molar-refractivity contribution in [1.82, 2.24) is 0 Å². The molecular weight excluding hydrogens is 351 g/mol. The van der Waals surface area contributed by atoms with Gasteiger partial charge < -0.3 is 19.9 Å². The van der Waals surface area contributed by atoms with Crippen LogP contribution in [-0.4, -0.2) is 28.3 Å². The molecule has 0 radical (unpaired) electrons. The Bertz CT molecular complexity index is 693. The van der Waals surface area contributed by atoms with Crippen molar-refractivity contribution in [2.24, 2.45) is 0 Å². The summed E-state index contributed by atoms with van der Waals surface area (Å²) in [7, 11) is 0. The Morgan fingerprint density at radius 3 is 2.33 bits per heavy atom. The minimum absolute atomic E-state index is 0.123. The van der Waals surface area contributed by atoms with Crippen molar-refractivity contribution in [3.8, 4) is 5.75 Å². The van der Waals surface area contributed by atoms with Crippen LogP contribution >= 0.6 is 11.8 Å². The second kappa shape index (κ2) is 6.27. The predicted molar refractivity (Wildman–Crippen MR) is 78.0 cm³/mol. The maximum atomic E-state index is 12.4. The number of anilines is 1. The third-order valence-corrected chi connectivity index (χ3v) is 3.41. The van der Waals surface area contributed by atoms with Crippen LogP contribution in [0.3, 0.4) is 0 Å². The minimum Gasteiger partial charge on any atom is -0.506 e. The molecule has 1 aliphatic rings. The molecular formula is C14H12F3NO5S. The van der Waals surface area contributed by atoms with Gasteiger partial charge in [-0.2, -0.15) is 13.2 Å². The Morgan fingerprint density at radius 2 is 1.79 bits per heavy atom. The van der Waals surface area contributed by atoms with Gasteiger partial charge in [-0.3, -0.25) is 0 Å². The number of benzene rings is 1. The zero-order valence-electron chi connectivity index (χ0n) is 12.4. The normalized spacial score (nSPS) is 17.1. The molecule has 0 aliphatic carbocycles. The van der Waals surface area contributed by atoms with Crippen LogP contribution in [-0.2, 0) is 19.1 Å². The maximum Gasteiger partial charge on any atom is 0.446 e. The lowest BCUT2D eigenvalue weighted by atomic mass is 10.2. The Kier molecular flexibility index (Phi) is 4.70. The average Bonchev–Trinajstić information content (AvgIpc) is 2.38. The summed E-state index contributed by atoms with van der Waals surface area (Å²) in [6.07, 6.45) is 0.900. The molecule has 130 valence electrons. The number of halogens is 3. The smallest absolute Gasteiger partial charge is 0.446 e. The van der Waals surface area contributed by atoms with Crippen LogP contribution in [0, 0.1) is 0 Å². The van der Waals surface area contributed by atoms with Crippen molar-refractivity contribution in [1.29, 1.82) is 0 Å². The van der Waals surface area contributed by atoms with Crippen molar-refractivity contribution < 1.29 is 37.3 Å². The Balaban J connectivity index is 2.20. The Hall–Kier alpha value is -2.36. The number of esters is 2. The lowest BCUT2D eigenvalue weighted by molar-refractivity contribution is -0.222. The summed E-state index contributed by atoms with van der Waals surface area (Å²) < 4.78 is 46.8. The SMILES string of the molecule is CC1(C)OC(=O)C(=CNc2cc(SC(F)(F)F)ccc2O)C(=O)O1. The van der Waals surface area contributed by atoms with Gasteiger partial charge in [0.05, 0.1) is 5.69 Å². The first-order chi connectivity index (χ1) is 11.0. The van der Waals surface area contributed by atoms with Gasteiger partial charge in [-0.25, -0.2) is 9.59 Å². The number of cyclic esters (lactones) is 2. The van der Waals surface area contributed by atoms with Gasteiger partial charge >= 0.3 is 17.4 Å². The van der Waals surface area contributed by atoms with Gasteiger partial charge in [0, 0.05) is 24.9 Å². The zero-order valence-corrected chi connectivity index (χ0v) is 13.2. The zero-order chi connectivity index (χ0) is 18.1. The van der Waals surface area contributed by atoms with Crippen molar-refractivity contribution in [2.75, 3.05) is 5.32 Å². The number of phenolic OH excluding ortho intramolecular Hbond substituents is 1. The number of hydrogen-bond donors (Lipinski definition) is 2. The van der Waals surface area contributed by atoms with Crippen molar-refractivity contribution >= 4 is 29.4 Å². The number of carbonyl (C=O) groups excluding carboxylic acids is 2. The summed E-state index contributed by atoms with van der Waals surface area (Å²) in [5.74, 6) is -3.68. The first kappa shape index (κ1) is 18.0. The highest BCUT2D eigenvalue weighted by atomic mass is 32.2. The minimum atomic E-state index is -4.49. The number of phenols is 1. The molecule has 1 saturated heterocycles. The van der Waals surface area contributed by atoms with E-state index in [1.807, 2.05) is 0 Å². The number of carbonyl (C=O) groups is 2. The molecule has 1 fully saturated rings. The van der Waals surface area contributed by atoms with Crippen LogP contribution in [0.25, 0.3) is 0 Å². The molecule has 6 nitrogen and oxygen atoms in total. The van der Waals surface area contributed by atoms with Gasteiger partial charge in [0.25, 0.3) is 5.79 Å². The fraction of sp³-hybridized carbons (Fsp3) is 0.286. The van der Waals surface area contributed by atoms with Gasteiger partial charge in [-0.1, -0.05) is 0 Å². The number of alkyl halides is 3. The molecule has 10 heteroatoms. The molecule has 0 bridgehead atoms. The summed E-state index contributed by atoms with van der Waals surface area (Å²) >= 11 is -0.369. The lowest BCUT2D eigenvalue weighted by Crippen LogP contribution is -2.42. The first-order valence-electron chi connectivity index (χ1n) is 6.49. The van der Waals surface area contributed by atoms with E-state index in [4.69, 9.17) is 9.47 Å². The summed E-state index contributed by atoms with van der Waals surface area (Å²) in [4.78, 5) is 23.3. The Labute approximate surface area is 138 Å². The average molecular weight is 363 g/mol. The van der Waals surface area contributed by atoms with Gasteiger partial charge in [-0.05, 0) is 30.0 Å². The summed E-state index contributed by atoms with van der Waals surface area (Å²) in [6.45, 7) is 2.74. The second-order valence-corrected chi connectivity index (χ2v) is 6.25. The molecule has 0 amide bonds. The maximum absolute atomic E-state index is 12.4. The summed E-state index contributed by atoms with van der Waals surface area (Å²) in [5, 5.41) is 12.1. The van der Waals surface area contributed by atoms with Crippen LogP contribution in [0.15, 0.2) is 34.9 Å². The fourth-order valence-electron chi connectivity index (χ4n) is 1.76. The number of thioether (sulfide) groups is 1. The highest BCUT2D eigenvalue weighted by Crippen LogP contribution is 2.39. The monoisotopic (exact) mass is 363 g/mol. The van der Waals surface area contributed by atoms with Crippen molar-refractivity contribution in [3.63, 3.8) is 0 Å². The third-order valence-electron chi connectivity index (χ3n) is 2.69. The van der Waals surface area contributed by atoms with E-state index in [0.717, 1.165) is 24.4 Å². The van der Waals surface area contributed by atoms with Gasteiger partial charge in [-0.15, -0.1) is 0 Å². The van der Waals surface area contributed by atoms with Gasteiger partial charge in [0.15, 0.2) is 5.57 Å². The van der Waals surface area contributed by atoms with E-state index >= 15 is 0 Å². The largest absolute Gasteiger partial charge is 0.506 e. The van der Waals surface area contributed by atoms with Crippen LogP contribution in [0.1, 0.15) is 13.8 Å². The second-order valence-electron chi connectivity index (χ2n) is 5.11. The quantitative estimate of drug-likeness (QED) is 0.281.